The number of hydrogen-bond donors (Lipinski definition) is 4. The summed E-state index contributed by atoms with van der Waals surface area (Å²) in [6.45, 7) is 1.90. The zero-order valence-corrected chi connectivity index (χ0v) is 19.4. The summed E-state index contributed by atoms with van der Waals surface area (Å²) in [7, 11) is 1.38. The predicted octanol–water partition coefficient (Wildman–Crippen LogP) is 4.09. The number of benzene rings is 1. The Morgan fingerprint density at radius 2 is 1.76 bits per heavy atom. The number of ether oxygens (including phenoxy) is 1. The zero-order valence-electron chi connectivity index (χ0n) is 19.4. The van der Waals surface area contributed by atoms with Crippen LogP contribution in [0.15, 0.2) is 18.2 Å². The summed E-state index contributed by atoms with van der Waals surface area (Å²) in [6.07, 6.45) is 7.58. The first-order valence-electron chi connectivity index (χ1n) is 11.9. The lowest BCUT2D eigenvalue weighted by molar-refractivity contribution is 0.120. The minimum absolute atomic E-state index is 0.0227. The number of amides is 1. The van der Waals surface area contributed by atoms with Crippen LogP contribution in [0.4, 0.5) is 32.7 Å². The van der Waals surface area contributed by atoms with E-state index in [9.17, 15) is 14.3 Å². The Balaban J connectivity index is 1.48. The van der Waals surface area contributed by atoms with Gasteiger partial charge in [-0.3, -0.25) is 0 Å². The molecule has 2 heterocycles. The molecule has 1 amide bonds. The highest BCUT2D eigenvalue weighted by Crippen LogP contribution is 2.25. The molecule has 0 radical (unpaired) electrons. The number of phenols is 1. The van der Waals surface area contributed by atoms with Crippen LogP contribution in [0.5, 0.6) is 5.75 Å². The van der Waals surface area contributed by atoms with E-state index in [1.54, 1.807) is 4.90 Å². The SMILES string of the molecule is COC(=O)N1CCCC1CNc1nc(NCC2CCCCC2)nc(Nc2ccc(O)c(F)c2)n1. The molecule has 0 bridgehead atoms. The van der Waals surface area contributed by atoms with Crippen LogP contribution in [0.2, 0.25) is 0 Å². The van der Waals surface area contributed by atoms with Crippen LogP contribution in [0.3, 0.4) is 0 Å². The summed E-state index contributed by atoms with van der Waals surface area (Å²) < 4.78 is 18.7. The van der Waals surface area contributed by atoms with Gasteiger partial charge >= 0.3 is 6.09 Å². The van der Waals surface area contributed by atoms with E-state index in [0.29, 0.717) is 36.6 Å². The highest BCUT2D eigenvalue weighted by molar-refractivity contribution is 5.68. The highest BCUT2D eigenvalue weighted by Gasteiger charge is 2.29. The molecule has 4 N–H and O–H groups in total. The van der Waals surface area contributed by atoms with E-state index < -0.39 is 11.6 Å². The molecule has 1 unspecified atom stereocenters. The lowest BCUT2D eigenvalue weighted by Gasteiger charge is -2.24. The number of aromatic nitrogens is 3. The second kappa shape index (κ2) is 11.2. The molecule has 1 saturated heterocycles. The second-order valence-corrected chi connectivity index (χ2v) is 8.82. The number of rotatable bonds is 8. The minimum atomic E-state index is -0.739. The Morgan fingerprint density at radius 1 is 1.06 bits per heavy atom. The molecule has 34 heavy (non-hydrogen) atoms. The van der Waals surface area contributed by atoms with Gasteiger partial charge in [0.2, 0.25) is 17.8 Å². The van der Waals surface area contributed by atoms with Crippen molar-refractivity contribution in [3.63, 3.8) is 0 Å². The summed E-state index contributed by atoms with van der Waals surface area (Å²) in [4.78, 5) is 27.1. The third-order valence-corrected chi connectivity index (χ3v) is 6.39. The Morgan fingerprint density at radius 3 is 2.47 bits per heavy atom. The Hall–Kier alpha value is -3.37. The fourth-order valence-corrected chi connectivity index (χ4v) is 4.55. The lowest BCUT2D eigenvalue weighted by Crippen LogP contribution is -2.39. The van der Waals surface area contributed by atoms with E-state index in [-0.39, 0.29) is 18.1 Å². The summed E-state index contributed by atoms with van der Waals surface area (Å²) in [6, 6.07) is 3.96. The number of halogens is 1. The van der Waals surface area contributed by atoms with Crippen molar-refractivity contribution in [1.82, 2.24) is 19.9 Å². The summed E-state index contributed by atoms with van der Waals surface area (Å²) >= 11 is 0. The van der Waals surface area contributed by atoms with Crippen LogP contribution in [-0.4, -0.2) is 63.8 Å². The Kier molecular flexibility index (Phi) is 7.81. The molecule has 4 rings (SSSR count). The molecule has 1 atom stereocenters. The van der Waals surface area contributed by atoms with Gasteiger partial charge in [-0.25, -0.2) is 9.18 Å². The Bertz CT molecular complexity index is 987. The number of phenolic OH excluding ortho intramolecular Hbond substituents is 1. The smallest absolute Gasteiger partial charge is 0.409 e. The van der Waals surface area contributed by atoms with Gasteiger partial charge in [-0.05, 0) is 43.7 Å². The standard InChI is InChI=1S/C23H32FN7O3/c1-34-23(33)31-11-5-8-17(31)14-26-21-28-20(25-13-15-6-3-2-4-7-15)29-22(30-21)27-16-9-10-19(32)18(24)12-16/h9-10,12,15,17,32H,2-8,11,13-14H2,1H3,(H3,25,26,27,28,29,30). The van der Waals surface area contributed by atoms with Crippen molar-refractivity contribution in [2.75, 3.05) is 42.7 Å². The maximum absolute atomic E-state index is 13.8. The molecule has 1 aliphatic heterocycles. The van der Waals surface area contributed by atoms with Crippen LogP contribution in [0.1, 0.15) is 44.9 Å². The number of methoxy groups -OCH3 is 1. The monoisotopic (exact) mass is 473 g/mol. The quantitative estimate of drug-likeness (QED) is 0.420. The number of anilines is 4. The van der Waals surface area contributed by atoms with E-state index in [2.05, 4.69) is 30.9 Å². The fraction of sp³-hybridized carbons (Fsp3) is 0.565. The molecule has 11 heteroatoms. The van der Waals surface area contributed by atoms with Gasteiger partial charge < -0.3 is 30.7 Å². The van der Waals surface area contributed by atoms with Crippen LogP contribution in [0, 0.1) is 11.7 Å². The molecule has 1 aromatic carbocycles. The maximum Gasteiger partial charge on any atom is 0.409 e. The number of nitrogens with one attached hydrogen (secondary N) is 3. The molecule has 184 valence electrons. The van der Waals surface area contributed by atoms with Gasteiger partial charge in [-0.15, -0.1) is 0 Å². The zero-order chi connectivity index (χ0) is 23.9. The molecule has 2 fully saturated rings. The number of nitrogens with zero attached hydrogens (tertiary/aromatic N) is 4. The molecular formula is C23H32FN7O3. The average molecular weight is 474 g/mol. The predicted molar refractivity (Wildman–Crippen MR) is 127 cm³/mol. The molecule has 2 aliphatic rings. The first kappa shape index (κ1) is 23.8. The van der Waals surface area contributed by atoms with E-state index in [4.69, 9.17) is 4.74 Å². The van der Waals surface area contributed by atoms with Crippen molar-refractivity contribution < 1.29 is 19.0 Å². The average Bonchev–Trinajstić information content (AvgIpc) is 3.33. The number of aromatic hydroxyl groups is 1. The largest absolute Gasteiger partial charge is 0.505 e. The second-order valence-electron chi connectivity index (χ2n) is 8.82. The number of hydrogen-bond acceptors (Lipinski definition) is 9. The van der Waals surface area contributed by atoms with Gasteiger partial charge in [0, 0.05) is 31.4 Å². The molecule has 2 aromatic rings. The normalized spacial score (nSPS) is 18.5. The third-order valence-electron chi connectivity index (χ3n) is 6.39. The van der Waals surface area contributed by atoms with E-state index in [1.807, 2.05) is 0 Å². The molecule has 1 aliphatic carbocycles. The van der Waals surface area contributed by atoms with Crippen molar-refractivity contribution in [1.29, 1.82) is 0 Å². The van der Waals surface area contributed by atoms with Gasteiger partial charge in [0.15, 0.2) is 11.6 Å². The van der Waals surface area contributed by atoms with Crippen LogP contribution in [0.25, 0.3) is 0 Å². The van der Waals surface area contributed by atoms with Crippen molar-refractivity contribution >= 4 is 29.6 Å². The summed E-state index contributed by atoms with van der Waals surface area (Å²) in [5.74, 6) is 0.421. The number of carbonyl (C=O) groups excluding carboxylic acids is 1. The first-order valence-corrected chi connectivity index (χ1v) is 11.9. The first-order chi connectivity index (χ1) is 16.5. The molecular weight excluding hydrogens is 441 g/mol. The van der Waals surface area contributed by atoms with Gasteiger partial charge in [0.25, 0.3) is 0 Å². The topological polar surface area (TPSA) is 125 Å². The van der Waals surface area contributed by atoms with Gasteiger partial charge in [0.1, 0.15) is 0 Å². The van der Waals surface area contributed by atoms with Crippen molar-refractivity contribution in [2.45, 2.75) is 51.0 Å². The number of carbonyl (C=O) groups is 1. The molecule has 1 aromatic heterocycles. The summed E-state index contributed by atoms with van der Waals surface area (Å²) in [5, 5.41) is 19.0. The Labute approximate surface area is 198 Å². The van der Waals surface area contributed by atoms with Gasteiger partial charge in [-0.2, -0.15) is 15.0 Å². The van der Waals surface area contributed by atoms with Crippen LogP contribution >= 0.6 is 0 Å². The minimum Gasteiger partial charge on any atom is -0.505 e. The van der Waals surface area contributed by atoms with Crippen molar-refractivity contribution in [3.8, 4) is 5.75 Å². The van der Waals surface area contributed by atoms with E-state index >= 15 is 0 Å². The molecule has 0 spiro atoms. The highest BCUT2D eigenvalue weighted by atomic mass is 19.1. The van der Waals surface area contributed by atoms with E-state index in [1.165, 1.54) is 57.4 Å². The van der Waals surface area contributed by atoms with Gasteiger partial charge in [-0.1, -0.05) is 19.3 Å². The lowest BCUT2D eigenvalue weighted by atomic mass is 9.89. The molecule has 10 nitrogen and oxygen atoms in total. The number of likely N-dealkylation sites (tertiary alicyclic amines) is 1. The third kappa shape index (κ3) is 6.15. The fourth-order valence-electron chi connectivity index (χ4n) is 4.55. The van der Waals surface area contributed by atoms with Gasteiger partial charge in [0.05, 0.1) is 13.2 Å². The van der Waals surface area contributed by atoms with Crippen molar-refractivity contribution in [3.05, 3.63) is 24.0 Å². The maximum atomic E-state index is 13.8. The van der Waals surface area contributed by atoms with E-state index in [0.717, 1.165) is 19.4 Å². The van der Waals surface area contributed by atoms with Crippen LogP contribution < -0.4 is 16.0 Å². The molecule has 1 saturated carbocycles. The van der Waals surface area contributed by atoms with Crippen LogP contribution in [-0.2, 0) is 4.74 Å². The van der Waals surface area contributed by atoms with Crippen molar-refractivity contribution in [2.24, 2.45) is 5.92 Å². The summed E-state index contributed by atoms with van der Waals surface area (Å²) in [5.41, 5.74) is 0.401.